The van der Waals surface area contributed by atoms with Gasteiger partial charge in [0.15, 0.2) is 0 Å². The van der Waals surface area contributed by atoms with E-state index in [4.69, 9.17) is 5.41 Å². The summed E-state index contributed by atoms with van der Waals surface area (Å²) in [6.07, 6.45) is 3.66. The molecule has 0 aliphatic rings. The maximum absolute atomic E-state index is 7.20. The third kappa shape index (κ3) is 3.50. The molecule has 0 spiro atoms. The van der Waals surface area contributed by atoms with Crippen LogP contribution in [-0.2, 0) is 0 Å². The predicted octanol–water partition coefficient (Wildman–Crippen LogP) is 4.12. The van der Waals surface area contributed by atoms with Gasteiger partial charge in [-0.25, -0.2) is 0 Å². The van der Waals surface area contributed by atoms with Crippen LogP contribution in [0.5, 0.6) is 0 Å². The van der Waals surface area contributed by atoms with Gasteiger partial charge in [-0.1, -0.05) is 41.5 Å². The van der Waals surface area contributed by atoms with Crippen LogP contribution in [0, 0.1) is 22.2 Å². The van der Waals surface area contributed by atoms with Crippen molar-refractivity contribution in [1.29, 1.82) is 5.41 Å². The monoisotopic (exact) mass is 183 g/mol. The highest BCUT2D eigenvalue weighted by molar-refractivity contribution is 5.54. The maximum atomic E-state index is 7.20. The number of rotatable bonds is 5. The Morgan fingerprint density at radius 1 is 1.08 bits per heavy atom. The average Bonchev–Trinajstić information content (AvgIpc) is 1.82. The van der Waals surface area contributed by atoms with Crippen LogP contribution in [0.3, 0.4) is 0 Å². The Kier molecular flexibility index (Phi) is 4.15. The van der Waals surface area contributed by atoms with Crippen LogP contribution in [0.15, 0.2) is 0 Å². The Morgan fingerprint density at radius 3 is 1.85 bits per heavy atom. The lowest BCUT2D eigenvalue weighted by molar-refractivity contribution is 0.0911. The van der Waals surface area contributed by atoms with Gasteiger partial charge in [-0.3, -0.25) is 0 Å². The molecule has 0 aromatic heterocycles. The van der Waals surface area contributed by atoms with Crippen LogP contribution in [0.2, 0.25) is 0 Å². The first kappa shape index (κ1) is 12.7. The highest BCUT2D eigenvalue weighted by Crippen LogP contribution is 2.44. The van der Waals surface area contributed by atoms with Crippen molar-refractivity contribution in [2.45, 2.75) is 54.4 Å². The zero-order valence-corrected chi connectivity index (χ0v) is 10.1. The van der Waals surface area contributed by atoms with E-state index in [9.17, 15) is 0 Å². The summed E-state index contributed by atoms with van der Waals surface area (Å²) in [6.45, 7) is 13.7. The van der Waals surface area contributed by atoms with Crippen LogP contribution in [0.1, 0.15) is 54.4 Å². The summed E-state index contributed by atoms with van der Waals surface area (Å²) in [5.74, 6) is 0.736. The van der Waals surface area contributed by atoms with Gasteiger partial charge in [0, 0.05) is 0 Å². The second kappa shape index (κ2) is 4.26. The molecule has 0 radical (unpaired) electrons. The van der Waals surface area contributed by atoms with E-state index in [1.54, 1.807) is 6.21 Å². The molecule has 0 unspecified atom stereocenters. The largest absolute Gasteiger partial charge is 0.313 e. The SMILES string of the molecule is CC(C)CC(C)(C)C(C)(C)CC=N. The van der Waals surface area contributed by atoms with Gasteiger partial charge < -0.3 is 5.41 Å². The molecule has 0 aliphatic carbocycles. The van der Waals surface area contributed by atoms with Crippen LogP contribution < -0.4 is 0 Å². The van der Waals surface area contributed by atoms with E-state index in [1.807, 2.05) is 0 Å². The molecule has 78 valence electrons. The van der Waals surface area contributed by atoms with Crippen molar-refractivity contribution in [2.75, 3.05) is 0 Å². The number of nitrogens with one attached hydrogen (secondary N) is 1. The molecule has 0 saturated carbocycles. The Labute approximate surface area is 83.4 Å². The van der Waals surface area contributed by atoms with Crippen LogP contribution in [0.4, 0.5) is 0 Å². The third-order valence-electron chi connectivity index (χ3n) is 3.36. The molecule has 0 rings (SSSR count). The zero-order valence-electron chi connectivity index (χ0n) is 10.1. The predicted molar refractivity (Wildman–Crippen MR) is 60.4 cm³/mol. The second-order valence-corrected chi connectivity index (χ2v) is 5.77. The summed E-state index contributed by atoms with van der Waals surface area (Å²) in [6, 6.07) is 0. The van der Waals surface area contributed by atoms with E-state index in [2.05, 4.69) is 41.5 Å². The van der Waals surface area contributed by atoms with E-state index >= 15 is 0 Å². The normalized spacial score (nSPS) is 13.5. The Balaban J connectivity index is 4.48. The van der Waals surface area contributed by atoms with Crippen LogP contribution in [0.25, 0.3) is 0 Å². The molecule has 0 bridgehead atoms. The van der Waals surface area contributed by atoms with Gasteiger partial charge in [0.25, 0.3) is 0 Å². The summed E-state index contributed by atoms with van der Waals surface area (Å²) in [7, 11) is 0. The van der Waals surface area contributed by atoms with Crippen LogP contribution in [-0.4, -0.2) is 6.21 Å². The highest BCUT2D eigenvalue weighted by atomic mass is 14.4. The van der Waals surface area contributed by atoms with Crippen molar-refractivity contribution in [3.8, 4) is 0 Å². The van der Waals surface area contributed by atoms with Gasteiger partial charge in [0.2, 0.25) is 0 Å². The Bertz CT molecular complexity index is 166. The summed E-state index contributed by atoms with van der Waals surface area (Å²) >= 11 is 0. The molecule has 0 saturated heterocycles. The fourth-order valence-electron chi connectivity index (χ4n) is 1.83. The zero-order chi connectivity index (χ0) is 10.7. The fourth-order valence-corrected chi connectivity index (χ4v) is 1.83. The summed E-state index contributed by atoms with van der Waals surface area (Å²) in [5, 5.41) is 7.20. The number of hydrogen-bond acceptors (Lipinski definition) is 1. The molecule has 0 aromatic rings. The van der Waals surface area contributed by atoms with E-state index in [1.165, 1.54) is 6.42 Å². The van der Waals surface area contributed by atoms with E-state index in [0.29, 0.717) is 5.41 Å². The molecule has 0 aromatic carbocycles. The van der Waals surface area contributed by atoms with Gasteiger partial charge in [-0.2, -0.15) is 0 Å². The maximum Gasteiger partial charge on any atom is -0.00422 e. The van der Waals surface area contributed by atoms with Gasteiger partial charge in [-0.05, 0) is 35.8 Å². The molecule has 0 heterocycles. The lowest BCUT2D eigenvalue weighted by Crippen LogP contribution is -2.34. The van der Waals surface area contributed by atoms with Gasteiger partial charge in [0.05, 0.1) is 0 Å². The van der Waals surface area contributed by atoms with Gasteiger partial charge >= 0.3 is 0 Å². The van der Waals surface area contributed by atoms with E-state index < -0.39 is 0 Å². The first-order valence-electron chi connectivity index (χ1n) is 5.22. The molecule has 0 fully saturated rings. The molecule has 0 atom stereocenters. The molecular formula is C12H25N. The van der Waals surface area contributed by atoms with Gasteiger partial charge in [0.1, 0.15) is 0 Å². The Morgan fingerprint density at radius 2 is 1.54 bits per heavy atom. The quantitative estimate of drug-likeness (QED) is 0.620. The van der Waals surface area contributed by atoms with Crippen molar-refractivity contribution in [3.05, 3.63) is 0 Å². The minimum atomic E-state index is 0.235. The standard InChI is InChI=1S/C12H25N/c1-10(2)9-12(5,6)11(3,4)7-8-13/h8,10,13H,7,9H2,1-6H3. The highest BCUT2D eigenvalue weighted by Gasteiger charge is 2.36. The van der Waals surface area contributed by atoms with Crippen molar-refractivity contribution in [3.63, 3.8) is 0 Å². The fraction of sp³-hybridized carbons (Fsp3) is 0.917. The topological polar surface area (TPSA) is 23.9 Å². The van der Waals surface area contributed by atoms with E-state index in [0.717, 1.165) is 12.3 Å². The summed E-state index contributed by atoms with van der Waals surface area (Å²) in [4.78, 5) is 0. The molecule has 1 nitrogen and oxygen atoms in total. The molecule has 0 aliphatic heterocycles. The molecule has 1 heteroatoms. The van der Waals surface area contributed by atoms with Crippen molar-refractivity contribution >= 4 is 6.21 Å². The smallest absolute Gasteiger partial charge is 0.00422 e. The molecule has 0 amide bonds. The van der Waals surface area contributed by atoms with E-state index in [-0.39, 0.29) is 5.41 Å². The number of hydrogen-bond donors (Lipinski definition) is 1. The first-order valence-corrected chi connectivity index (χ1v) is 5.22. The molecular weight excluding hydrogens is 158 g/mol. The minimum Gasteiger partial charge on any atom is -0.313 e. The Hall–Kier alpha value is -0.330. The van der Waals surface area contributed by atoms with Crippen LogP contribution >= 0.6 is 0 Å². The summed E-state index contributed by atoms with van der Waals surface area (Å²) in [5.41, 5.74) is 0.553. The molecule has 1 N–H and O–H groups in total. The van der Waals surface area contributed by atoms with Crippen molar-refractivity contribution in [1.82, 2.24) is 0 Å². The van der Waals surface area contributed by atoms with Crippen molar-refractivity contribution < 1.29 is 0 Å². The summed E-state index contributed by atoms with van der Waals surface area (Å²) < 4.78 is 0. The lowest BCUT2D eigenvalue weighted by atomic mass is 9.63. The lowest BCUT2D eigenvalue weighted by Gasteiger charge is -2.42. The third-order valence-corrected chi connectivity index (χ3v) is 3.36. The van der Waals surface area contributed by atoms with Gasteiger partial charge in [-0.15, -0.1) is 0 Å². The second-order valence-electron chi connectivity index (χ2n) is 5.77. The molecule has 13 heavy (non-hydrogen) atoms. The average molecular weight is 183 g/mol. The first-order chi connectivity index (χ1) is 5.73. The van der Waals surface area contributed by atoms with Crippen molar-refractivity contribution in [2.24, 2.45) is 16.7 Å². The minimum absolute atomic E-state index is 0.235.